The van der Waals surface area contributed by atoms with Gasteiger partial charge in [-0.3, -0.25) is 5.10 Å². The summed E-state index contributed by atoms with van der Waals surface area (Å²) >= 11 is 0. The first-order valence-corrected chi connectivity index (χ1v) is 6.10. The van der Waals surface area contributed by atoms with Crippen LogP contribution in [0.15, 0.2) is 18.3 Å². The number of H-pyrrole nitrogens is 1. The number of alkyl halides is 2. The van der Waals surface area contributed by atoms with Gasteiger partial charge in [-0.15, -0.1) is 12.4 Å². The van der Waals surface area contributed by atoms with Gasteiger partial charge in [-0.2, -0.15) is 5.10 Å². The van der Waals surface area contributed by atoms with E-state index in [1.54, 1.807) is 6.20 Å². The molecule has 2 aromatic rings. The highest BCUT2D eigenvalue weighted by atomic mass is 35.5. The lowest BCUT2D eigenvalue weighted by atomic mass is 9.84. The zero-order chi connectivity index (χ0) is 12.8. The fourth-order valence-electron chi connectivity index (χ4n) is 2.72. The summed E-state index contributed by atoms with van der Waals surface area (Å²) in [4.78, 5) is 0. The quantitative estimate of drug-likeness (QED) is 0.846. The Morgan fingerprint density at radius 3 is 2.89 bits per heavy atom. The van der Waals surface area contributed by atoms with E-state index in [0.29, 0.717) is 13.0 Å². The second-order valence-corrected chi connectivity index (χ2v) is 4.95. The van der Waals surface area contributed by atoms with Crippen LogP contribution in [-0.2, 0) is 0 Å². The average Bonchev–Trinajstić information content (AvgIpc) is 2.75. The van der Waals surface area contributed by atoms with Gasteiger partial charge in [0.05, 0.1) is 24.2 Å². The third-order valence-electron chi connectivity index (χ3n) is 3.68. The maximum absolute atomic E-state index is 14.0. The molecule has 19 heavy (non-hydrogen) atoms. The van der Waals surface area contributed by atoms with Crippen molar-refractivity contribution in [3.8, 4) is 0 Å². The number of nitrogens with zero attached hydrogens (tertiary/aromatic N) is 1. The first kappa shape index (κ1) is 14.2. The summed E-state index contributed by atoms with van der Waals surface area (Å²) in [5.74, 6) is -3.39. The molecule has 0 saturated carbocycles. The van der Waals surface area contributed by atoms with Gasteiger partial charge in [0, 0.05) is 5.39 Å². The number of hydrogen-bond donors (Lipinski definition) is 2. The van der Waals surface area contributed by atoms with E-state index < -0.39 is 11.8 Å². The van der Waals surface area contributed by atoms with Crippen LogP contribution >= 0.6 is 12.4 Å². The van der Waals surface area contributed by atoms with Gasteiger partial charge in [-0.1, -0.05) is 0 Å². The van der Waals surface area contributed by atoms with Crippen LogP contribution in [0.25, 0.3) is 10.9 Å². The summed E-state index contributed by atoms with van der Waals surface area (Å²) < 4.78 is 27.9. The summed E-state index contributed by atoms with van der Waals surface area (Å²) in [6.45, 7) is 2.29. The van der Waals surface area contributed by atoms with E-state index >= 15 is 0 Å². The van der Waals surface area contributed by atoms with Gasteiger partial charge in [-0.05, 0) is 43.1 Å². The van der Waals surface area contributed by atoms with Crippen molar-refractivity contribution in [2.75, 3.05) is 13.1 Å². The molecule has 2 heterocycles. The van der Waals surface area contributed by atoms with E-state index in [4.69, 9.17) is 0 Å². The minimum absolute atomic E-state index is 0. The number of aromatic amines is 1. The Morgan fingerprint density at radius 1 is 1.37 bits per heavy atom. The summed E-state index contributed by atoms with van der Waals surface area (Å²) in [6.07, 6.45) is 2.18. The molecule has 1 aromatic carbocycles. The van der Waals surface area contributed by atoms with Crippen LogP contribution in [0.2, 0.25) is 0 Å². The fourth-order valence-corrected chi connectivity index (χ4v) is 2.72. The summed E-state index contributed by atoms with van der Waals surface area (Å²) in [7, 11) is 0. The minimum Gasteiger partial charge on any atom is -0.311 e. The van der Waals surface area contributed by atoms with Crippen molar-refractivity contribution in [1.82, 2.24) is 15.5 Å². The Kier molecular flexibility index (Phi) is 3.78. The number of nitrogens with one attached hydrogen (secondary N) is 2. The van der Waals surface area contributed by atoms with Crippen LogP contribution in [0, 0.1) is 6.92 Å². The molecule has 6 heteroatoms. The van der Waals surface area contributed by atoms with Crippen LogP contribution in [0.5, 0.6) is 0 Å². The monoisotopic (exact) mass is 287 g/mol. The maximum Gasteiger partial charge on any atom is 0.267 e. The summed E-state index contributed by atoms with van der Waals surface area (Å²) in [5, 5.41) is 10.5. The molecule has 0 bridgehead atoms. The van der Waals surface area contributed by atoms with Gasteiger partial charge in [0.2, 0.25) is 0 Å². The van der Waals surface area contributed by atoms with Gasteiger partial charge in [0.25, 0.3) is 5.92 Å². The minimum atomic E-state index is -2.68. The average molecular weight is 288 g/mol. The molecule has 104 valence electrons. The van der Waals surface area contributed by atoms with Crippen molar-refractivity contribution in [2.24, 2.45) is 0 Å². The SMILES string of the molecule is Cc1cc2cn[nH]c2cc1C1CCNCC1(F)F.Cl. The van der Waals surface area contributed by atoms with Crippen molar-refractivity contribution >= 4 is 23.3 Å². The number of aryl methyl sites for hydroxylation is 1. The molecule has 1 unspecified atom stereocenters. The van der Waals surface area contributed by atoms with Gasteiger partial charge in [0.1, 0.15) is 0 Å². The number of aromatic nitrogens is 2. The number of halogens is 3. The Bertz CT molecular complexity index is 582. The van der Waals surface area contributed by atoms with Crippen molar-refractivity contribution < 1.29 is 8.78 Å². The highest BCUT2D eigenvalue weighted by molar-refractivity contribution is 5.85. The molecule has 2 N–H and O–H groups in total. The molecular formula is C13H16ClF2N3. The van der Waals surface area contributed by atoms with Gasteiger partial charge < -0.3 is 5.32 Å². The third-order valence-corrected chi connectivity index (χ3v) is 3.68. The predicted molar refractivity (Wildman–Crippen MR) is 73.3 cm³/mol. The van der Waals surface area contributed by atoms with Crippen molar-refractivity contribution in [2.45, 2.75) is 25.2 Å². The van der Waals surface area contributed by atoms with E-state index in [0.717, 1.165) is 22.0 Å². The van der Waals surface area contributed by atoms with E-state index in [9.17, 15) is 8.78 Å². The van der Waals surface area contributed by atoms with Gasteiger partial charge in [-0.25, -0.2) is 8.78 Å². The number of piperidine rings is 1. The smallest absolute Gasteiger partial charge is 0.267 e. The molecule has 1 aliphatic heterocycles. The molecule has 0 amide bonds. The molecule has 1 aliphatic rings. The Labute approximate surface area is 116 Å². The first-order valence-electron chi connectivity index (χ1n) is 6.10. The number of benzene rings is 1. The van der Waals surface area contributed by atoms with E-state index in [1.807, 2.05) is 19.1 Å². The molecule has 0 aliphatic carbocycles. The first-order chi connectivity index (χ1) is 8.58. The maximum atomic E-state index is 14.0. The van der Waals surface area contributed by atoms with Gasteiger partial charge in [0.15, 0.2) is 0 Å². The molecule has 3 nitrogen and oxygen atoms in total. The summed E-state index contributed by atoms with van der Waals surface area (Å²) in [6, 6.07) is 3.74. The third kappa shape index (κ3) is 2.44. The summed E-state index contributed by atoms with van der Waals surface area (Å²) in [5.41, 5.74) is 2.47. The fraction of sp³-hybridized carbons (Fsp3) is 0.462. The number of hydrogen-bond acceptors (Lipinski definition) is 2. The van der Waals surface area contributed by atoms with Crippen LogP contribution in [0.1, 0.15) is 23.5 Å². The van der Waals surface area contributed by atoms with Gasteiger partial charge >= 0.3 is 0 Å². The molecule has 0 radical (unpaired) electrons. The molecule has 0 spiro atoms. The molecule has 3 rings (SSSR count). The van der Waals surface area contributed by atoms with E-state index in [-0.39, 0.29) is 19.0 Å². The van der Waals surface area contributed by atoms with Crippen LogP contribution in [-0.4, -0.2) is 29.2 Å². The zero-order valence-corrected chi connectivity index (χ0v) is 11.4. The molecule has 1 fully saturated rings. The zero-order valence-electron chi connectivity index (χ0n) is 10.5. The van der Waals surface area contributed by atoms with E-state index in [2.05, 4.69) is 15.5 Å². The molecule has 1 atom stereocenters. The normalized spacial score (nSPS) is 22.2. The molecular weight excluding hydrogens is 272 g/mol. The highest BCUT2D eigenvalue weighted by Gasteiger charge is 2.42. The van der Waals surface area contributed by atoms with Crippen LogP contribution < -0.4 is 5.32 Å². The van der Waals surface area contributed by atoms with E-state index in [1.165, 1.54) is 0 Å². The topological polar surface area (TPSA) is 40.7 Å². The second kappa shape index (κ2) is 5.06. The lowest BCUT2D eigenvalue weighted by molar-refractivity contribution is -0.0421. The predicted octanol–water partition coefficient (Wildman–Crippen LogP) is 3.01. The number of rotatable bonds is 1. The Balaban J connectivity index is 0.00000133. The standard InChI is InChI=1S/C13H15F2N3.ClH/c1-8-4-9-6-17-18-12(9)5-10(8)11-2-3-16-7-13(11,14)15;/h4-6,11,16H,2-3,7H2,1H3,(H,17,18);1H. The van der Waals surface area contributed by atoms with Crippen LogP contribution in [0.3, 0.4) is 0 Å². The lowest BCUT2D eigenvalue weighted by Crippen LogP contribution is -2.44. The largest absolute Gasteiger partial charge is 0.311 e. The molecule has 1 aromatic heterocycles. The second-order valence-electron chi connectivity index (χ2n) is 4.95. The number of fused-ring (bicyclic) bond motifs is 1. The molecule has 1 saturated heterocycles. The lowest BCUT2D eigenvalue weighted by Gasteiger charge is -2.33. The van der Waals surface area contributed by atoms with Crippen LogP contribution in [0.4, 0.5) is 8.78 Å². The highest BCUT2D eigenvalue weighted by Crippen LogP contribution is 2.40. The van der Waals surface area contributed by atoms with Crippen molar-refractivity contribution in [1.29, 1.82) is 0 Å². The Hall–Kier alpha value is -1.20. The Morgan fingerprint density at radius 2 is 2.16 bits per heavy atom. The van der Waals surface area contributed by atoms with Crippen molar-refractivity contribution in [3.63, 3.8) is 0 Å². The van der Waals surface area contributed by atoms with Crippen molar-refractivity contribution in [3.05, 3.63) is 29.5 Å².